The normalized spacial score (nSPS) is 25.5. The monoisotopic (exact) mass is 208 g/mol. The average molecular weight is 208 g/mol. The van der Waals surface area contributed by atoms with Gasteiger partial charge in [-0.15, -0.1) is 6.42 Å². The van der Waals surface area contributed by atoms with Gasteiger partial charge in [-0.05, 0) is 25.8 Å². The number of rotatable bonds is 4. The van der Waals surface area contributed by atoms with Crippen molar-refractivity contribution in [2.75, 3.05) is 19.6 Å². The predicted octanol–water partition coefficient (Wildman–Crippen LogP) is 1.86. The molecule has 0 spiro atoms. The van der Waals surface area contributed by atoms with E-state index >= 15 is 0 Å². The topological polar surface area (TPSA) is 15.3 Å². The molecule has 2 unspecified atom stereocenters. The van der Waals surface area contributed by atoms with Crippen LogP contribution in [0.15, 0.2) is 0 Å². The molecule has 2 atom stereocenters. The lowest BCUT2D eigenvalue weighted by molar-refractivity contribution is 0.223. The van der Waals surface area contributed by atoms with Crippen molar-refractivity contribution in [2.24, 2.45) is 0 Å². The van der Waals surface area contributed by atoms with E-state index in [2.05, 4.69) is 30.0 Å². The van der Waals surface area contributed by atoms with Gasteiger partial charge in [0, 0.05) is 19.1 Å². The lowest BCUT2D eigenvalue weighted by Crippen LogP contribution is -2.42. The molecular weight excluding hydrogens is 184 g/mol. The molecular formula is C13H24N2. The van der Waals surface area contributed by atoms with Gasteiger partial charge < -0.3 is 5.32 Å². The molecule has 0 radical (unpaired) electrons. The van der Waals surface area contributed by atoms with E-state index in [0.717, 1.165) is 26.1 Å². The average Bonchev–Trinajstić information content (AvgIpc) is 2.46. The summed E-state index contributed by atoms with van der Waals surface area (Å²) < 4.78 is 0. The first-order chi connectivity index (χ1) is 7.31. The Morgan fingerprint density at radius 1 is 1.53 bits per heavy atom. The van der Waals surface area contributed by atoms with Crippen LogP contribution in [-0.2, 0) is 0 Å². The van der Waals surface area contributed by atoms with Crippen LogP contribution in [-0.4, -0.2) is 36.6 Å². The Kier molecular flexibility index (Phi) is 5.75. The number of nitrogens with one attached hydrogen (secondary N) is 1. The fraction of sp³-hybridized carbons (Fsp3) is 0.846. The van der Waals surface area contributed by atoms with E-state index in [4.69, 9.17) is 6.42 Å². The van der Waals surface area contributed by atoms with Crippen LogP contribution in [0.1, 0.15) is 39.5 Å². The smallest absolute Gasteiger partial charge is 0.0709 e. The molecule has 1 aliphatic heterocycles. The summed E-state index contributed by atoms with van der Waals surface area (Å²) in [6.07, 6.45) is 10.4. The molecule has 2 heteroatoms. The molecule has 86 valence electrons. The van der Waals surface area contributed by atoms with Gasteiger partial charge in [0.05, 0.1) is 6.04 Å². The van der Waals surface area contributed by atoms with E-state index in [0.29, 0.717) is 12.1 Å². The highest BCUT2D eigenvalue weighted by molar-refractivity contribution is 5.00. The Bertz CT molecular complexity index is 207. The molecule has 0 aromatic rings. The Morgan fingerprint density at radius 2 is 2.33 bits per heavy atom. The van der Waals surface area contributed by atoms with E-state index in [9.17, 15) is 0 Å². The van der Waals surface area contributed by atoms with Crippen molar-refractivity contribution in [3.8, 4) is 12.3 Å². The second-order valence-corrected chi connectivity index (χ2v) is 4.38. The Balaban J connectivity index is 2.52. The van der Waals surface area contributed by atoms with Gasteiger partial charge in [0.1, 0.15) is 0 Å². The SMILES string of the molecule is C#CC(CC)N1CCCNC(CCC)C1. The predicted molar refractivity (Wildman–Crippen MR) is 65.8 cm³/mol. The Labute approximate surface area is 94.4 Å². The third-order valence-electron chi connectivity index (χ3n) is 3.17. The summed E-state index contributed by atoms with van der Waals surface area (Å²) in [4.78, 5) is 2.47. The van der Waals surface area contributed by atoms with Gasteiger partial charge >= 0.3 is 0 Å². The third kappa shape index (κ3) is 3.85. The first-order valence-electron chi connectivity index (χ1n) is 6.25. The molecule has 1 fully saturated rings. The lowest BCUT2D eigenvalue weighted by Gasteiger charge is -2.28. The van der Waals surface area contributed by atoms with Crippen molar-refractivity contribution in [1.29, 1.82) is 0 Å². The van der Waals surface area contributed by atoms with Crippen LogP contribution < -0.4 is 5.32 Å². The molecule has 2 nitrogen and oxygen atoms in total. The second kappa shape index (κ2) is 6.87. The molecule has 1 N–H and O–H groups in total. The molecule has 15 heavy (non-hydrogen) atoms. The van der Waals surface area contributed by atoms with Crippen LogP contribution in [0.3, 0.4) is 0 Å². The number of nitrogens with zero attached hydrogens (tertiary/aromatic N) is 1. The van der Waals surface area contributed by atoms with E-state index in [1.165, 1.54) is 19.3 Å². The molecule has 1 rings (SSSR count). The second-order valence-electron chi connectivity index (χ2n) is 4.38. The number of hydrogen-bond donors (Lipinski definition) is 1. The van der Waals surface area contributed by atoms with Crippen LogP contribution in [0.4, 0.5) is 0 Å². The van der Waals surface area contributed by atoms with Crippen LogP contribution in [0, 0.1) is 12.3 Å². The quantitative estimate of drug-likeness (QED) is 0.710. The molecule has 1 aliphatic rings. The zero-order valence-corrected chi connectivity index (χ0v) is 10.1. The highest BCUT2D eigenvalue weighted by Crippen LogP contribution is 2.10. The summed E-state index contributed by atoms with van der Waals surface area (Å²) in [5, 5.41) is 3.61. The molecule has 0 aromatic heterocycles. The first-order valence-corrected chi connectivity index (χ1v) is 6.25. The van der Waals surface area contributed by atoms with Crippen LogP contribution in [0.2, 0.25) is 0 Å². The fourth-order valence-electron chi connectivity index (χ4n) is 2.33. The van der Waals surface area contributed by atoms with Crippen molar-refractivity contribution < 1.29 is 0 Å². The minimum atomic E-state index is 0.337. The van der Waals surface area contributed by atoms with Crippen molar-refractivity contribution in [2.45, 2.75) is 51.6 Å². The van der Waals surface area contributed by atoms with Crippen LogP contribution in [0.25, 0.3) is 0 Å². The first kappa shape index (κ1) is 12.5. The zero-order valence-electron chi connectivity index (χ0n) is 10.1. The summed E-state index contributed by atoms with van der Waals surface area (Å²) in [5.74, 6) is 2.91. The maximum Gasteiger partial charge on any atom is 0.0709 e. The highest BCUT2D eigenvalue weighted by atomic mass is 15.2. The van der Waals surface area contributed by atoms with Crippen molar-refractivity contribution in [3.05, 3.63) is 0 Å². The van der Waals surface area contributed by atoms with E-state index in [1.807, 2.05) is 0 Å². The van der Waals surface area contributed by atoms with Gasteiger partial charge in [-0.25, -0.2) is 0 Å². The minimum Gasteiger partial charge on any atom is -0.313 e. The van der Waals surface area contributed by atoms with Crippen LogP contribution >= 0.6 is 0 Å². The molecule has 0 amide bonds. The summed E-state index contributed by atoms with van der Waals surface area (Å²) in [6, 6.07) is 0.976. The van der Waals surface area contributed by atoms with Gasteiger partial charge in [-0.3, -0.25) is 4.90 Å². The van der Waals surface area contributed by atoms with Crippen molar-refractivity contribution in [3.63, 3.8) is 0 Å². The maximum atomic E-state index is 5.57. The third-order valence-corrected chi connectivity index (χ3v) is 3.17. The molecule has 0 saturated carbocycles. The maximum absolute atomic E-state index is 5.57. The van der Waals surface area contributed by atoms with E-state index < -0.39 is 0 Å². The largest absolute Gasteiger partial charge is 0.313 e. The van der Waals surface area contributed by atoms with Crippen LogP contribution in [0.5, 0.6) is 0 Å². The van der Waals surface area contributed by atoms with Gasteiger partial charge in [0.15, 0.2) is 0 Å². The number of terminal acetylenes is 1. The molecule has 0 aliphatic carbocycles. The summed E-state index contributed by atoms with van der Waals surface area (Å²) in [5.41, 5.74) is 0. The standard InChI is InChI=1S/C13H24N2/c1-4-8-12-11-15(10-7-9-14-12)13(5-2)6-3/h2,12-14H,4,6-11H2,1,3H3. The lowest BCUT2D eigenvalue weighted by atomic mass is 10.1. The van der Waals surface area contributed by atoms with Gasteiger partial charge in [-0.1, -0.05) is 26.2 Å². The van der Waals surface area contributed by atoms with Crippen molar-refractivity contribution in [1.82, 2.24) is 10.2 Å². The zero-order chi connectivity index (χ0) is 11.1. The van der Waals surface area contributed by atoms with Gasteiger partial charge in [0.2, 0.25) is 0 Å². The van der Waals surface area contributed by atoms with Gasteiger partial charge in [0.25, 0.3) is 0 Å². The summed E-state index contributed by atoms with van der Waals surface area (Å²) in [7, 11) is 0. The number of hydrogen-bond acceptors (Lipinski definition) is 2. The molecule has 1 saturated heterocycles. The molecule has 0 aromatic carbocycles. The Morgan fingerprint density at radius 3 is 2.93 bits per heavy atom. The minimum absolute atomic E-state index is 0.337. The molecule has 0 bridgehead atoms. The summed E-state index contributed by atoms with van der Waals surface area (Å²) >= 11 is 0. The van der Waals surface area contributed by atoms with E-state index in [-0.39, 0.29) is 0 Å². The Hall–Kier alpha value is -0.520. The van der Waals surface area contributed by atoms with E-state index in [1.54, 1.807) is 0 Å². The molecule has 1 heterocycles. The highest BCUT2D eigenvalue weighted by Gasteiger charge is 2.21. The van der Waals surface area contributed by atoms with Crippen molar-refractivity contribution >= 4 is 0 Å². The fourth-order valence-corrected chi connectivity index (χ4v) is 2.33. The van der Waals surface area contributed by atoms with Gasteiger partial charge in [-0.2, -0.15) is 0 Å². The summed E-state index contributed by atoms with van der Waals surface area (Å²) in [6.45, 7) is 7.84.